The van der Waals surface area contributed by atoms with Crippen LogP contribution < -0.4 is 0 Å². The van der Waals surface area contributed by atoms with Crippen LogP contribution in [0.2, 0.25) is 0 Å². The van der Waals surface area contributed by atoms with Crippen LogP contribution in [-0.4, -0.2) is 40.9 Å². The van der Waals surface area contributed by atoms with Crippen LogP contribution in [0, 0.1) is 0 Å². The van der Waals surface area contributed by atoms with Gasteiger partial charge in [-0.15, -0.1) is 11.3 Å². The molecule has 0 spiro atoms. The molecule has 0 saturated carbocycles. The normalized spacial score (nSPS) is 16.3. The Balaban J connectivity index is 1.48. The van der Waals surface area contributed by atoms with Gasteiger partial charge in [-0.3, -0.25) is 4.98 Å². The van der Waals surface area contributed by atoms with Gasteiger partial charge in [-0.05, 0) is 23.6 Å². The number of sulfonamides is 1. The zero-order chi connectivity index (χ0) is 15.9. The predicted molar refractivity (Wildman–Crippen MR) is 83.3 cm³/mol. The third-order valence-corrected chi connectivity index (χ3v) is 6.83. The van der Waals surface area contributed by atoms with Gasteiger partial charge in [-0.1, -0.05) is 17.3 Å². The molecule has 0 bridgehead atoms. The average molecular weight is 348 g/mol. The summed E-state index contributed by atoms with van der Waals surface area (Å²) in [7, 11) is -3.40. The van der Waals surface area contributed by atoms with Crippen molar-refractivity contribution in [2.24, 2.45) is 0 Å². The van der Waals surface area contributed by atoms with Gasteiger partial charge in [0, 0.05) is 19.3 Å². The van der Waals surface area contributed by atoms with Crippen LogP contribution in [0.25, 0.3) is 11.5 Å². The van der Waals surface area contributed by atoms with Crippen molar-refractivity contribution in [1.29, 1.82) is 0 Å². The van der Waals surface area contributed by atoms with Crippen LogP contribution in [0.1, 0.15) is 11.8 Å². The maximum Gasteiger partial charge on any atom is 0.252 e. The Labute approximate surface area is 136 Å². The molecule has 0 radical (unpaired) electrons. The summed E-state index contributed by atoms with van der Waals surface area (Å²) in [6, 6.07) is 8.79. The van der Waals surface area contributed by atoms with Gasteiger partial charge in [0.1, 0.15) is 9.90 Å². The fraction of sp³-hybridized carbons (Fsp3) is 0.214. The lowest BCUT2D eigenvalue weighted by Gasteiger charge is -2.35. The summed E-state index contributed by atoms with van der Waals surface area (Å²) < 4.78 is 31.7. The summed E-state index contributed by atoms with van der Waals surface area (Å²) in [5, 5.41) is 5.66. The van der Waals surface area contributed by atoms with Gasteiger partial charge in [0.15, 0.2) is 0 Å². The molecule has 0 N–H and O–H groups in total. The first-order valence-electron chi connectivity index (χ1n) is 6.93. The SMILES string of the molecule is O=S(=O)(c1cccs1)N1CC(c2nc(-c3ccccn3)no2)C1. The number of hydrogen-bond acceptors (Lipinski definition) is 7. The van der Waals surface area contributed by atoms with E-state index in [4.69, 9.17) is 4.52 Å². The molecular formula is C14H12N4O3S2. The number of thiophene rings is 1. The molecule has 0 atom stereocenters. The smallest absolute Gasteiger partial charge is 0.252 e. The summed E-state index contributed by atoms with van der Waals surface area (Å²) in [6.45, 7) is 0.703. The highest BCUT2D eigenvalue weighted by atomic mass is 32.2. The molecule has 1 fully saturated rings. The molecule has 0 aromatic carbocycles. The van der Waals surface area contributed by atoms with Crippen molar-refractivity contribution in [2.45, 2.75) is 10.1 Å². The first kappa shape index (κ1) is 14.5. The van der Waals surface area contributed by atoms with Gasteiger partial charge >= 0.3 is 0 Å². The highest BCUT2D eigenvalue weighted by molar-refractivity contribution is 7.91. The molecule has 0 unspecified atom stereocenters. The van der Waals surface area contributed by atoms with E-state index < -0.39 is 10.0 Å². The van der Waals surface area contributed by atoms with E-state index in [1.807, 2.05) is 12.1 Å². The summed E-state index contributed by atoms with van der Waals surface area (Å²) >= 11 is 1.22. The molecule has 7 nitrogen and oxygen atoms in total. The Morgan fingerprint density at radius 1 is 1.22 bits per heavy atom. The molecule has 0 amide bonds. The highest BCUT2D eigenvalue weighted by Gasteiger charge is 2.40. The van der Waals surface area contributed by atoms with Crippen molar-refractivity contribution in [3.8, 4) is 11.5 Å². The van der Waals surface area contributed by atoms with Gasteiger partial charge in [-0.2, -0.15) is 9.29 Å². The number of rotatable bonds is 4. The van der Waals surface area contributed by atoms with Crippen molar-refractivity contribution in [1.82, 2.24) is 19.4 Å². The largest absolute Gasteiger partial charge is 0.339 e. The summed E-state index contributed by atoms with van der Waals surface area (Å²) in [6.07, 6.45) is 1.66. The summed E-state index contributed by atoms with van der Waals surface area (Å²) in [4.78, 5) is 8.49. The van der Waals surface area contributed by atoms with Gasteiger partial charge in [-0.25, -0.2) is 8.42 Å². The lowest BCUT2D eigenvalue weighted by molar-refractivity contribution is 0.217. The summed E-state index contributed by atoms with van der Waals surface area (Å²) in [5.74, 6) is 0.790. The Morgan fingerprint density at radius 2 is 2.09 bits per heavy atom. The van der Waals surface area contributed by atoms with Crippen molar-refractivity contribution >= 4 is 21.4 Å². The second-order valence-electron chi connectivity index (χ2n) is 5.12. The predicted octanol–water partition coefficient (Wildman–Crippen LogP) is 1.98. The van der Waals surface area contributed by atoms with Crippen molar-refractivity contribution in [3.63, 3.8) is 0 Å². The molecule has 1 aliphatic rings. The second kappa shape index (κ2) is 5.52. The van der Waals surface area contributed by atoms with E-state index in [2.05, 4.69) is 15.1 Å². The molecule has 4 heterocycles. The molecule has 23 heavy (non-hydrogen) atoms. The van der Waals surface area contributed by atoms with Crippen LogP contribution in [0.3, 0.4) is 0 Å². The average Bonchev–Trinajstić information content (AvgIpc) is 3.18. The zero-order valence-corrected chi connectivity index (χ0v) is 13.5. The first-order valence-corrected chi connectivity index (χ1v) is 9.25. The topological polar surface area (TPSA) is 89.2 Å². The minimum atomic E-state index is -3.40. The zero-order valence-electron chi connectivity index (χ0n) is 11.9. The van der Waals surface area contributed by atoms with Crippen LogP contribution in [0.5, 0.6) is 0 Å². The Morgan fingerprint density at radius 3 is 2.78 bits per heavy atom. The van der Waals surface area contributed by atoms with E-state index >= 15 is 0 Å². The Hall–Kier alpha value is -2.10. The third-order valence-electron chi connectivity index (χ3n) is 3.62. The van der Waals surface area contributed by atoms with E-state index in [0.717, 1.165) is 0 Å². The Bertz CT molecular complexity index is 901. The Kier molecular flexibility index (Phi) is 3.47. The van der Waals surface area contributed by atoms with E-state index in [-0.39, 0.29) is 5.92 Å². The minimum Gasteiger partial charge on any atom is -0.339 e. The molecule has 9 heteroatoms. The molecule has 4 rings (SSSR count). The fourth-order valence-corrected chi connectivity index (χ4v) is 5.00. The molecule has 118 valence electrons. The number of pyridine rings is 1. The number of aromatic nitrogens is 3. The van der Waals surface area contributed by atoms with Crippen molar-refractivity contribution < 1.29 is 12.9 Å². The third kappa shape index (κ3) is 2.56. The summed E-state index contributed by atoms with van der Waals surface area (Å²) in [5.41, 5.74) is 0.630. The second-order valence-corrected chi connectivity index (χ2v) is 8.23. The molecule has 1 saturated heterocycles. The molecule has 1 aliphatic heterocycles. The van der Waals surface area contributed by atoms with E-state index in [1.54, 1.807) is 29.8 Å². The van der Waals surface area contributed by atoms with E-state index in [0.29, 0.717) is 34.7 Å². The van der Waals surface area contributed by atoms with Gasteiger partial charge in [0.2, 0.25) is 11.7 Å². The van der Waals surface area contributed by atoms with Crippen molar-refractivity contribution in [3.05, 3.63) is 47.8 Å². The number of nitrogens with zero attached hydrogens (tertiary/aromatic N) is 4. The van der Waals surface area contributed by atoms with Crippen LogP contribution >= 0.6 is 11.3 Å². The maximum atomic E-state index is 12.3. The van der Waals surface area contributed by atoms with E-state index in [9.17, 15) is 8.42 Å². The monoisotopic (exact) mass is 348 g/mol. The molecule has 0 aliphatic carbocycles. The van der Waals surface area contributed by atoms with Gasteiger partial charge < -0.3 is 4.52 Å². The van der Waals surface area contributed by atoms with Crippen LogP contribution in [-0.2, 0) is 10.0 Å². The quantitative estimate of drug-likeness (QED) is 0.716. The molecule has 3 aromatic rings. The van der Waals surface area contributed by atoms with Gasteiger partial charge in [0.05, 0.1) is 5.92 Å². The maximum absolute atomic E-state index is 12.3. The lowest BCUT2D eigenvalue weighted by Crippen LogP contribution is -2.48. The molecule has 3 aromatic heterocycles. The van der Waals surface area contributed by atoms with Crippen LogP contribution in [0.4, 0.5) is 0 Å². The fourth-order valence-electron chi connectivity index (χ4n) is 2.33. The minimum absolute atomic E-state index is 0.0744. The lowest BCUT2D eigenvalue weighted by atomic mass is 10.0. The number of hydrogen-bond donors (Lipinski definition) is 0. The van der Waals surface area contributed by atoms with Crippen molar-refractivity contribution in [2.75, 3.05) is 13.1 Å². The van der Waals surface area contributed by atoms with Crippen LogP contribution in [0.15, 0.2) is 50.6 Å². The molecular weight excluding hydrogens is 336 g/mol. The standard InChI is InChI=1S/C14H12N4O3S2/c19-23(20,12-5-3-7-22-12)18-8-10(9-18)14-16-13(17-21-14)11-4-1-2-6-15-11/h1-7,10H,8-9H2. The first-order chi connectivity index (χ1) is 11.1. The van der Waals surface area contributed by atoms with E-state index in [1.165, 1.54) is 15.6 Å². The van der Waals surface area contributed by atoms with Gasteiger partial charge in [0.25, 0.3) is 10.0 Å². The highest BCUT2D eigenvalue weighted by Crippen LogP contribution is 2.33.